The van der Waals surface area contributed by atoms with E-state index >= 15 is 0 Å². The van der Waals surface area contributed by atoms with Gasteiger partial charge < -0.3 is 10.6 Å². The van der Waals surface area contributed by atoms with Crippen LogP contribution in [0.5, 0.6) is 0 Å². The molecule has 1 fully saturated rings. The Balaban J connectivity index is 2.25. The van der Waals surface area contributed by atoms with Crippen LogP contribution in [0.1, 0.15) is 5.56 Å². The summed E-state index contributed by atoms with van der Waals surface area (Å²) in [5.74, 6) is 2.08. The number of nitrogens with two attached hydrogens (primary N) is 1. The molecule has 1 aromatic carbocycles. The normalized spacial score (nSPS) is 16.8. The molecule has 2 rings (SSSR count). The van der Waals surface area contributed by atoms with Crippen LogP contribution < -0.4 is 10.6 Å². The van der Waals surface area contributed by atoms with Gasteiger partial charge in [0.1, 0.15) is 5.82 Å². The molecule has 0 unspecified atom stereocenters. The molecule has 1 aromatic rings. The lowest BCUT2D eigenvalue weighted by atomic mass is 10.1. The third-order valence-electron chi connectivity index (χ3n) is 2.61. The van der Waals surface area contributed by atoms with Crippen LogP contribution in [0.15, 0.2) is 18.2 Å². The van der Waals surface area contributed by atoms with Crippen LogP contribution in [-0.2, 0) is 6.54 Å². The highest BCUT2D eigenvalue weighted by Gasteiger charge is 2.14. The molecule has 1 aliphatic rings. The molecule has 2 N–H and O–H groups in total. The van der Waals surface area contributed by atoms with Crippen LogP contribution >= 0.6 is 11.8 Å². The minimum Gasteiger partial charge on any atom is -0.370 e. The summed E-state index contributed by atoms with van der Waals surface area (Å²) < 4.78 is 13.0. The van der Waals surface area contributed by atoms with Crippen molar-refractivity contribution >= 4 is 17.4 Å². The van der Waals surface area contributed by atoms with Crippen LogP contribution in [0.3, 0.4) is 0 Å². The predicted octanol–water partition coefficient (Wildman–Crippen LogP) is 1.84. The molecule has 1 heterocycles. The number of nitrogens with zero attached hydrogens (tertiary/aromatic N) is 1. The van der Waals surface area contributed by atoms with Gasteiger partial charge in [-0.2, -0.15) is 11.8 Å². The van der Waals surface area contributed by atoms with E-state index in [-0.39, 0.29) is 5.82 Å². The summed E-state index contributed by atoms with van der Waals surface area (Å²) in [6.45, 7) is 2.46. The lowest BCUT2D eigenvalue weighted by molar-refractivity contribution is 0.625. The quantitative estimate of drug-likeness (QED) is 0.834. The molecule has 0 aliphatic carbocycles. The second-order valence-electron chi connectivity index (χ2n) is 3.58. The van der Waals surface area contributed by atoms with Gasteiger partial charge in [-0.25, -0.2) is 4.39 Å². The smallest absolute Gasteiger partial charge is 0.123 e. The van der Waals surface area contributed by atoms with E-state index < -0.39 is 0 Å². The zero-order valence-corrected chi connectivity index (χ0v) is 9.39. The molecule has 0 atom stereocenters. The maximum absolute atomic E-state index is 13.0. The molecular formula is C11H15FN2S. The first-order chi connectivity index (χ1) is 7.31. The van der Waals surface area contributed by atoms with Crippen molar-refractivity contribution in [1.29, 1.82) is 0 Å². The molecule has 0 aromatic heterocycles. The van der Waals surface area contributed by atoms with E-state index in [4.69, 9.17) is 5.73 Å². The highest BCUT2D eigenvalue weighted by atomic mass is 32.2. The SMILES string of the molecule is NCc1cc(F)ccc1N1CCSCC1. The first kappa shape index (κ1) is 10.8. The molecule has 2 nitrogen and oxygen atoms in total. The summed E-state index contributed by atoms with van der Waals surface area (Å²) in [6, 6.07) is 4.89. The van der Waals surface area contributed by atoms with Crippen LogP contribution in [0, 0.1) is 5.82 Å². The van der Waals surface area contributed by atoms with Crippen LogP contribution in [-0.4, -0.2) is 24.6 Å². The summed E-state index contributed by atoms with van der Waals surface area (Å²) in [6.07, 6.45) is 0. The summed E-state index contributed by atoms with van der Waals surface area (Å²) in [5.41, 5.74) is 7.63. The molecule has 0 spiro atoms. The average molecular weight is 226 g/mol. The van der Waals surface area contributed by atoms with E-state index in [0.717, 1.165) is 35.8 Å². The lowest BCUT2D eigenvalue weighted by Gasteiger charge is -2.30. The number of thioether (sulfide) groups is 1. The van der Waals surface area contributed by atoms with Crippen molar-refractivity contribution in [2.24, 2.45) is 5.73 Å². The first-order valence-corrected chi connectivity index (χ1v) is 6.28. The number of hydrogen-bond acceptors (Lipinski definition) is 3. The van der Waals surface area contributed by atoms with Gasteiger partial charge in [0.2, 0.25) is 0 Å². The molecule has 0 radical (unpaired) electrons. The third-order valence-corrected chi connectivity index (χ3v) is 3.56. The minimum atomic E-state index is -0.203. The monoisotopic (exact) mass is 226 g/mol. The van der Waals surface area contributed by atoms with Gasteiger partial charge in [-0.3, -0.25) is 0 Å². The molecule has 1 saturated heterocycles. The molecule has 0 bridgehead atoms. The molecule has 0 amide bonds. The van der Waals surface area contributed by atoms with Crippen molar-refractivity contribution < 1.29 is 4.39 Å². The summed E-state index contributed by atoms with van der Waals surface area (Å²) in [4.78, 5) is 2.29. The van der Waals surface area contributed by atoms with E-state index in [2.05, 4.69) is 4.90 Å². The van der Waals surface area contributed by atoms with Crippen LogP contribution in [0.2, 0.25) is 0 Å². The number of halogens is 1. The molecule has 15 heavy (non-hydrogen) atoms. The predicted molar refractivity (Wildman–Crippen MR) is 63.8 cm³/mol. The zero-order valence-electron chi connectivity index (χ0n) is 8.58. The van der Waals surface area contributed by atoms with Crippen molar-refractivity contribution in [2.45, 2.75) is 6.54 Å². The summed E-state index contributed by atoms with van der Waals surface area (Å²) in [7, 11) is 0. The van der Waals surface area contributed by atoms with Crippen molar-refractivity contribution in [3.05, 3.63) is 29.6 Å². The number of hydrogen-bond donors (Lipinski definition) is 1. The van der Waals surface area contributed by atoms with Crippen molar-refractivity contribution in [1.82, 2.24) is 0 Å². The maximum Gasteiger partial charge on any atom is 0.123 e. The second kappa shape index (κ2) is 4.86. The fourth-order valence-electron chi connectivity index (χ4n) is 1.83. The minimum absolute atomic E-state index is 0.203. The van der Waals surface area contributed by atoms with E-state index in [1.165, 1.54) is 12.1 Å². The van der Waals surface area contributed by atoms with Gasteiger partial charge in [0, 0.05) is 36.8 Å². The van der Waals surface area contributed by atoms with E-state index in [1.54, 1.807) is 0 Å². The van der Waals surface area contributed by atoms with E-state index in [0.29, 0.717) is 6.54 Å². The lowest BCUT2D eigenvalue weighted by Crippen LogP contribution is -2.33. The maximum atomic E-state index is 13.0. The molecule has 4 heteroatoms. The van der Waals surface area contributed by atoms with Gasteiger partial charge in [-0.1, -0.05) is 0 Å². The van der Waals surface area contributed by atoms with Gasteiger partial charge in [0.25, 0.3) is 0 Å². The number of rotatable bonds is 2. The van der Waals surface area contributed by atoms with Gasteiger partial charge >= 0.3 is 0 Å². The van der Waals surface area contributed by atoms with Crippen molar-refractivity contribution in [2.75, 3.05) is 29.5 Å². The Kier molecular flexibility index (Phi) is 3.49. The molecule has 82 valence electrons. The van der Waals surface area contributed by atoms with E-state index in [1.807, 2.05) is 17.8 Å². The summed E-state index contributed by atoms with van der Waals surface area (Å²) in [5, 5.41) is 0. The largest absolute Gasteiger partial charge is 0.370 e. The van der Waals surface area contributed by atoms with Gasteiger partial charge in [-0.15, -0.1) is 0 Å². The standard InChI is InChI=1S/C11H15FN2S/c12-10-1-2-11(9(7-10)8-13)14-3-5-15-6-4-14/h1-2,7H,3-6,8,13H2. The van der Waals surface area contributed by atoms with Crippen LogP contribution in [0.25, 0.3) is 0 Å². The zero-order chi connectivity index (χ0) is 10.7. The second-order valence-corrected chi connectivity index (χ2v) is 4.80. The first-order valence-electron chi connectivity index (χ1n) is 5.12. The van der Waals surface area contributed by atoms with Gasteiger partial charge in [0.15, 0.2) is 0 Å². The third kappa shape index (κ3) is 2.44. The van der Waals surface area contributed by atoms with E-state index in [9.17, 15) is 4.39 Å². The Hall–Kier alpha value is -0.740. The molecule has 1 aliphatic heterocycles. The Morgan fingerprint density at radius 1 is 1.33 bits per heavy atom. The fraction of sp³-hybridized carbons (Fsp3) is 0.455. The fourth-order valence-corrected chi connectivity index (χ4v) is 2.73. The van der Waals surface area contributed by atoms with Crippen molar-refractivity contribution in [3.63, 3.8) is 0 Å². The Bertz CT molecular complexity index is 337. The van der Waals surface area contributed by atoms with Gasteiger partial charge in [-0.05, 0) is 23.8 Å². The average Bonchev–Trinajstić information content (AvgIpc) is 2.30. The van der Waals surface area contributed by atoms with Crippen molar-refractivity contribution in [3.8, 4) is 0 Å². The summed E-state index contributed by atoms with van der Waals surface area (Å²) >= 11 is 1.96. The molecular weight excluding hydrogens is 211 g/mol. The highest BCUT2D eigenvalue weighted by Crippen LogP contribution is 2.24. The van der Waals surface area contributed by atoms with Gasteiger partial charge in [0.05, 0.1) is 0 Å². The number of anilines is 1. The number of benzene rings is 1. The highest BCUT2D eigenvalue weighted by molar-refractivity contribution is 7.99. The Labute approximate surface area is 93.6 Å². The topological polar surface area (TPSA) is 29.3 Å². The molecule has 0 saturated carbocycles. The Morgan fingerprint density at radius 2 is 2.07 bits per heavy atom. The Morgan fingerprint density at radius 3 is 2.73 bits per heavy atom. The van der Waals surface area contributed by atoms with Crippen LogP contribution in [0.4, 0.5) is 10.1 Å².